The molecule has 2 atom stereocenters. The van der Waals surface area contributed by atoms with Crippen molar-refractivity contribution < 1.29 is 29.0 Å². The molecule has 1 saturated heterocycles. The van der Waals surface area contributed by atoms with Gasteiger partial charge in [-0.1, -0.05) is 28.1 Å². The summed E-state index contributed by atoms with van der Waals surface area (Å²) in [5.41, 5.74) is -0.0535. The molecular formula is C16H18BrNO6. The molecule has 1 aromatic rings. The van der Waals surface area contributed by atoms with Crippen molar-refractivity contribution in [2.75, 3.05) is 0 Å². The number of nitrogens with zero attached hydrogens (tertiary/aromatic N) is 1. The lowest BCUT2D eigenvalue weighted by molar-refractivity contribution is -0.146. The fraction of sp³-hybridized carbons (Fsp3) is 0.438. The van der Waals surface area contributed by atoms with Gasteiger partial charge in [-0.15, -0.1) is 0 Å². The van der Waals surface area contributed by atoms with Crippen LogP contribution in [-0.2, 0) is 20.7 Å². The first-order valence-corrected chi connectivity index (χ1v) is 8.08. The highest BCUT2D eigenvalue weighted by molar-refractivity contribution is 9.10. The van der Waals surface area contributed by atoms with E-state index < -0.39 is 35.9 Å². The molecule has 1 aliphatic heterocycles. The maximum Gasteiger partial charge on any atom is 0.420 e. The minimum absolute atomic E-state index is 0.148. The van der Waals surface area contributed by atoms with Gasteiger partial charge in [0.1, 0.15) is 5.60 Å². The van der Waals surface area contributed by atoms with Crippen molar-refractivity contribution in [3.8, 4) is 0 Å². The molecule has 1 heterocycles. The lowest BCUT2D eigenvalue weighted by Crippen LogP contribution is -2.46. The number of cyclic esters (lactones) is 1. The lowest BCUT2D eigenvalue weighted by Gasteiger charge is -2.26. The Labute approximate surface area is 147 Å². The van der Waals surface area contributed by atoms with Crippen molar-refractivity contribution in [1.29, 1.82) is 0 Å². The van der Waals surface area contributed by atoms with Gasteiger partial charge in [0.25, 0.3) is 0 Å². The Hall–Kier alpha value is -2.09. The van der Waals surface area contributed by atoms with Crippen molar-refractivity contribution in [3.05, 3.63) is 34.3 Å². The number of imide groups is 1. The Bertz CT molecular complexity index is 652. The molecule has 0 bridgehead atoms. The number of ether oxygens (including phenoxy) is 2. The van der Waals surface area contributed by atoms with Crippen molar-refractivity contribution >= 4 is 34.1 Å². The summed E-state index contributed by atoms with van der Waals surface area (Å²) in [4.78, 5) is 36.4. The van der Waals surface area contributed by atoms with Crippen LogP contribution in [0.25, 0.3) is 0 Å². The maximum atomic E-state index is 12.3. The fourth-order valence-corrected chi connectivity index (χ4v) is 2.58. The molecule has 0 saturated carbocycles. The van der Waals surface area contributed by atoms with Crippen LogP contribution in [0.1, 0.15) is 26.3 Å². The minimum atomic E-state index is -1.44. The van der Waals surface area contributed by atoms with Crippen LogP contribution >= 0.6 is 15.9 Å². The molecule has 1 aliphatic rings. The third-order valence-corrected chi connectivity index (χ3v) is 3.83. The highest BCUT2D eigenvalue weighted by Gasteiger charge is 2.50. The van der Waals surface area contributed by atoms with Gasteiger partial charge >= 0.3 is 18.2 Å². The Kier molecular flexibility index (Phi) is 5.17. The first kappa shape index (κ1) is 18.3. The predicted octanol–water partition coefficient (Wildman–Crippen LogP) is 3.20. The summed E-state index contributed by atoms with van der Waals surface area (Å²) in [6, 6.07) is 6.16. The van der Waals surface area contributed by atoms with Crippen LogP contribution in [0.4, 0.5) is 9.59 Å². The normalized spacial score (nSPS) is 20.7. The second-order valence-electron chi connectivity index (χ2n) is 6.39. The Morgan fingerprint density at radius 2 is 1.88 bits per heavy atom. The Balaban J connectivity index is 2.28. The summed E-state index contributed by atoms with van der Waals surface area (Å²) in [5.74, 6) is -1.31. The van der Waals surface area contributed by atoms with E-state index >= 15 is 0 Å². The fourth-order valence-electron chi connectivity index (χ4n) is 2.31. The van der Waals surface area contributed by atoms with Gasteiger partial charge in [-0.05, 0) is 44.9 Å². The molecule has 2 amide bonds. The minimum Gasteiger partial charge on any atom is -0.478 e. The van der Waals surface area contributed by atoms with Crippen molar-refractivity contribution in [2.45, 2.75) is 44.9 Å². The van der Waals surface area contributed by atoms with Crippen molar-refractivity contribution in [1.82, 2.24) is 4.90 Å². The second-order valence-corrected chi connectivity index (χ2v) is 7.31. The number of carbonyl (C=O) groups excluding carboxylic acids is 2. The van der Waals surface area contributed by atoms with Crippen LogP contribution in [0.2, 0.25) is 0 Å². The van der Waals surface area contributed by atoms with E-state index in [4.69, 9.17) is 9.47 Å². The highest BCUT2D eigenvalue weighted by atomic mass is 79.9. The number of amides is 2. The Morgan fingerprint density at radius 1 is 1.29 bits per heavy atom. The zero-order chi connectivity index (χ0) is 18.1. The molecule has 0 aromatic heterocycles. The summed E-state index contributed by atoms with van der Waals surface area (Å²) in [6.07, 6.45) is -3.22. The van der Waals surface area contributed by atoms with E-state index in [2.05, 4.69) is 15.9 Å². The average Bonchev–Trinajstić information content (AvgIpc) is 2.76. The molecule has 1 aromatic carbocycles. The highest BCUT2D eigenvalue weighted by Crippen LogP contribution is 2.26. The van der Waals surface area contributed by atoms with Crippen LogP contribution < -0.4 is 0 Å². The van der Waals surface area contributed by atoms with E-state index in [0.717, 1.165) is 14.9 Å². The van der Waals surface area contributed by atoms with Gasteiger partial charge in [0.2, 0.25) is 6.10 Å². The van der Waals surface area contributed by atoms with E-state index in [1.54, 1.807) is 45.0 Å². The largest absolute Gasteiger partial charge is 0.478 e. The summed E-state index contributed by atoms with van der Waals surface area (Å²) >= 11 is 3.31. The number of aliphatic carboxylic acids is 1. The molecule has 7 nitrogen and oxygen atoms in total. The molecule has 24 heavy (non-hydrogen) atoms. The number of carboxylic acid groups (broad SMARTS) is 1. The first-order chi connectivity index (χ1) is 11.1. The second kappa shape index (κ2) is 6.80. The van der Waals surface area contributed by atoms with Crippen LogP contribution in [0.15, 0.2) is 28.7 Å². The molecule has 130 valence electrons. The third kappa shape index (κ3) is 4.25. The molecule has 1 fully saturated rings. The van der Waals surface area contributed by atoms with E-state index in [1.165, 1.54) is 0 Å². The molecule has 8 heteroatoms. The molecule has 0 spiro atoms. The number of hydrogen-bond donors (Lipinski definition) is 1. The van der Waals surface area contributed by atoms with Crippen LogP contribution in [0.3, 0.4) is 0 Å². The van der Waals surface area contributed by atoms with Gasteiger partial charge in [0.15, 0.2) is 0 Å². The number of halogens is 1. The first-order valence-electron chi connectivity index (χ1n) is 7.28. The van der Waals surface area contributed by atoms with E-state index in [1.807, 2.05) is 0 Å². The topological polar surface area (TPSA) is 93.1 Å². The zero-order valence-electron chi connectivity index (χ0n) is 13.5. The average molecular weight is 400 g/mol. The van der Waals surface area contributed by atoms with Crippen molar-refractivity contribution in [2.24, 2.45) is 0 Å². The lowest BCUT2D eigenvalue weighted by atomic mass is 10.0. The van der Waals surface area contributed by atoms with Crippen LogP contribution in [-0.4, -0.2) is 45.9 Å². The number of carboxylic acids is 1. The molecule has 0 aliphatic carbocycles. The molecule has 0 radical (unpaired) electrons. The number of hydrogen-bond acceptors (Lipinski definition) is 5. The Morgan fingerprint density at radius 3 is 2.38 bits per heavy atom. The van der Waals surface area contributed by atoms with Gasteiger partial charge in [0.05, 0.1) is 6.04 Å². The summed E-state index contributed by atoms with van der Waals surface area (Å²) in [7, 11) is 0. The summed E-state index contributed by atoms with van der Waals surface area (Å²) in [5, 5.41) is 9.29. The van der Waals surface area contributed by atoms with Gasteiger partial charge in [-0.3, -0.25) is 0 Å². The SMILES string of the molecule is CC(C)(C)OC(=O)N1C(=O)OC(C(=O)O)C1Cc1ccc(Br)cc1. The molecule has 1 N–H and O–H groups in total. The quantitative estimate of drug-likeness (QED) is 0.838. The monoisotopic (exact) mass is 399 g/mol. The van der Waals surface area contributed by atoms with E-state index in [-0.39, 0.29) is 6.42 Å². The smallest absolute Gasteiger partial charge is 0.420 e. The van der Waals surface area contributed by atoms with Gasteiger partial charge in [0, 0.05) is 4.47 Å². The number of rotatable bonds is 3. The third-order valence-electron chi connectivity index (χ3n) is 3.30. The molecular weight excluding hydrogens is 382 g/mol. The van der Waals surface area contributed by atoms with Gasteiger partial charge in [-0.25, -0.2) is 19.3 Å². The van der Waals surface area contributed by atoms with Crippen LogP contribution in [0, 0.1) is 0 Å². The van der Waals surface area contributed by atoms with Gasteiger partial charge < -0.3 is 14.6 Å². The van der Waals surface area contributed by atoms with E-state index in [9.17, 15) is 19.5 Å². The van der Waals surface area contributed by atoms with Gasteiger partial charge in [-0.2, -0.15) is 0 Å². The summed E-state index contributed by atoms with van der Waals surface area (Å²) < 4.78 is 10.9. The molecule has 2 unspecified atom stereocenters. The number of benzene rings is 1. The van der Waals surface area contributed by atoms with E-state index in [0.29, 0.717) is 0 Å². The predicted molar refractivity (Wildman–Crippen MR) is 87.6 cm³/mol. The molecule has 2 rings (SSSR count). The maximum absolute atomic E-state index is 12.3. The number of carbonyl (C=O) groups is 3. The summed E-state index contributed by atoms with van der Waals surface area (Å²) in [6.45, 7) is 4.97. The zero-order valence-corrected chi connectivity index (χ0v) is 15.1. The standard InChI is InChI=1S/C16H18BrNO6/c1-16(2,3)24-15(22)18-11(12(13(19)20)23-14(18)21)8-9-4-6-10(17)7-5-9/h4-7,11-12H,8H2,1-3H3,(H,19,20). The van der Waals surface area contributed by atoms with Crippen LogP contribution in [0.5, 0.6) is 0 Å². The van der Waals surface area contributed by atoms with Crippen molar-refractivity contribution in [3.63, 3.8) is 0 Å².